The van der Waals surface area contributed by atoms with Gasteiger partial charge in [-0.25, -0.2) is 24.9 Å². The molecule has 0 bridgehead atoms. The fraction of sp³-hybridized carbons (Fsp3) is 0. The maximum Gasteiger partial charge on any atom is 0.182 e. The first kappa shape index (κ1) is 29.2. The van der Waals surface area contributed by atoms with Gasteiger partial charge in [0, 0.05) is 28.1 Å². The lowest BCUT2D eigenvalue weighted by Crippen LogP contribution is -2.02. The molecule has 0 aliphatic carbocycles. The Balaban J connectivity index is 1.27. The quantitative estimate of drug-likeness (QED) is 0.168. The summed E-state index contributed by atoms with van der Waals surface area (Å²) in [4.78, 5) is 30.0. The van der Waals surface area contributed by atoms with Crippen LogP contribution in [-0.4, -0.2) is 29.9 Å². The lowest BCUT2D eigenvalue weighted by atomic mass is 9.98. The van der Waals surface area contributed by atoms with E-state index in [4.69, 9.17) is 24.9 Å². The minimum atomic E-state index is 0.484. The summed E-state index contributed by atoms with van der Waals surface area (Å²) >= 11 is 0. The van der Waals surface area contributed by atoms with Gasteiger partial charge in [0.1, 0.15) is 5.69 Å². The van der Waals surface area contributed by atoms with Crippen LogP contribution >= 0.6 is 0 Å². The van der Waals surface area contributed by atoms with Crippen molar-refractivity contribution in [3.05, 3.63) is 170 Å². The third-order valence-corrected chi connectivity index (χ3v) is 8.80. The molecule has 0 atom stereocenters. The lowest BCUT2D eigenvalue weighted by molar-refractivity contribution is 1.06. The highest BCUT2D eigenvalue weighted by Crippen LogP contribution is 2.36. The molecule has 0 amide bonds. The number of aromatic nitrogens is 6. The van der Waals surface area contributed by atoms with Crippen LogP contribution in [0.2, 0.25) is 0 Å². The molecule has 0 saturated carbocycles. The summed E-state index contributed by atoms with van der Waals surface area (Å²) in [6, 6.07) is 55.3. The number of benzene rings is 5. The summed E-state index contributed by atoms with van der Waals surface area (Å²) in [5.74, 6) is 1.64. The zero-order valence-electron chi connectivity index (χ0n) is 26.8. The van der Waals surface area contributed by atoms with Crippen LogP contribution in [0.25, 0.3) is 89.7 Å². The Morgan fingerprint density at radius 3 is 1.54 bits per heavy atom. The molecule has 5 aromatic carbocycles. The van der Waals surface area contributed by atoms with Crippen LogP contribution < -0.4 is 0 Å². The Morgan fingerprint density at radius 2 is 0.860 bits per heavy atom. The van der Waals surface area contributed by atoms with Gasteiger partial charge in [0.25, 0.3) is 0 Å². The van der Waals surface area contributed by atoms with Gasteiger partial charge in [0.2, 0.25) is 0 Å². The molecule has 234 valence electrons. The number of nitrogens with zero attached hydrogens (tertiary/aromatic N) is 6. The minimum Gasteiger partial charge on any atom is -0.255 e. The average Bonchev–Trinajstić information content (AvgIpc) is 3.21. The van der Waals surface area contributed by atoms with E-state index >= 15 is 0 Å². The molecule has 4 heterocycles. The number of fused-ring (bicyclic) bond motifs is 3. The number of rotatable bonds is 6. The van der Waals surface area contributed by atoms with Gasteiger partial charge in [-0.1, -0.05) is 140 Å². The largest absolute Gasteiger partial charge is 0.255 e. The molecule has 9 rings (SSSR count). The second-order valence-electron chi connectivity index (χ2n) is 12.0. The summed E-state index contributed by atoms with van der Waals surface area (Å²) in [5.41, 5.74) is 9.94. The fourth-order valence-electron chi connectivity index (χ4n) is 6.28. The zero-order chi connectivity index (χ0) is 33.3. The van der Waals surface area contributed by atoms with Gasteiger partial charge in [-0.15, -0.1) is 0 Å². The van der Waals surface area contributed by atoms with Crippen LogP contribution in [0.5, 0.6) is 0 Å². The van der Waals surface area contributed by atoms with E-state index in [0.717, 1.165) is 66.6 Å². The number of hydrogen-bond donors (Lipinski definition) is 0. The Bertz CT molecular complexity index is 2610. The molecule has 0 saturated heterocycles. The van der Waals surface area contributed by atoms with E-state index in [1.807, 2.05) is 91.0 Å². The van der Waals surface area contributed by atoms with E-state index in [1.54, 1.807) is 6.20 Å². The fourth-order valence-corrected chi connectivity index (χ4v) is 6.28. The second-order valence-corrected chi connectivity index (χ2v) is 12.0. The Labute approximate surface area is 288 Å². The van der Waals surface area contributed by atoms with Crippen molar-refractivity contribution in [2.75, 3.05) is 0 Å². The summed E-state index contributed by atoms with van der Waals surface area (Å²) in [6.07, 6.45) is 1.78. The Hall–Kier alpha value is -6.92. The van der Waals surface area contributed by atoms with Crippen molar-refractivity contribution in [2.45, 2.75) is 0 Å². The van der Waals surface area contributed by atoms with Crippen LogP contribution in [0.1, 0.15) is 0 Å². The average molecular weight is 641 g/mol. The summed E-state index contributed by atoms with van der Waals surface area (Å²) in [5, 5.41) is 1.98. The maximum atomic E-state index is 5.28. The molecule has 0 unspecified atom stereocenters. The van der Waals surface area contributed by atoms with E-state index in [9.17, 15) is 0 Å². The number of pyridine rings is 3. The van der Waals surface area contributed by atoms with Gasteiger partial charge in [0.15, 0.2) is 17.5 Å². The molecule has 9 aromatic rings. The van der Waals surface area contributed by atoms with E-state index < -0.39 is 0 Å². The van der Waals surface area contributed by atoms with E-state index in [-0.39, 0.29) is 0 Å². The highest BCUT2D eigenvalue weighted by Gasteiger charge is 2.18. The first-order chi connectivity index (χ1) is 24.8. The molecule has 0 N–H and O–H groups in total. The van der Waals surface area contributed by atoms with Crippen LogP contribution in [0.15, 0.2) is 170 Å². The molecular formula is C44H28N6. The predicted octanol–water partition coefficient (Wildman–Crippen LogP) is 10.4. The van der Waals surface area contributed by atoms with Crippen molar-refractivity contribution in [2.24, 2.45) is 0 Å². The van der Waals surface area contributed by atoms with Gasteiger partial charge in [-0.3, -0.25) is 4.98 Å². The predicted molar refractivity (Wildman–Crippen MR) is 201 cm³/mol. The second kappa shape index (κ2) is 12.6. The molecule has 0 radical (unpaired) electrons. The summed E-state index contributed by atoms with van der Waals surface area (Å²) in [7, 11) is 0. The highest BCUT2D eigenvalue weighted by atomic mass is 15.0. The lowest BCUT2D eigenvalue weighted by Gasteiger charge is -2.13. The molecule has 0 fully saturated rings. The van der Waals surface area contributed by atoms with Crippen LogP contribution in [0.3, 0.4) is 0 Å². The van der Waals surface area contributed by atoms with Crippen LogP contribution in [-0.2, 0) is 0 Å². The maximum absolute atomic E-state index is 5.28. The minimum absolute atomic E-state index is 0.484. The SMILES string of the molecule is c1ccc(-c2ccc(-c3nc(-c4ccccc4)nc(-c4cc(-c5ccccc5)c5ccc6ccc(-c7ccccn7)nc6c5n4)n3)cc2)cc1. The first-order valence-electron chi connectivity index (χ1n) is 16.5. The normalized spacial score (nSPS) is 11.2. The van der Waals surface area contributed by atoms with Gasteiger partial charge < -0.3 is 0 Å². The number of hydrogen-bond acceptors (Lipinski definition) is 6. The van der Waals surface area contributed by atoms with E-state index in [1.165, 1.54) is 0 Å². The smallest absolute Gasteiger partial charge is 0.182 e. The Morgan fingerprint density at radius 1 is 0.320 bits per heavy atom. The van der Waals surface area contributed by atoms with Crippen molar-refractivity contribution < 1.29 is 0 Å². The third-order valence-electron chi connectivity index (χ3n) is 8.80. The summed E-state index contributed by atoms with van der Waals surface area (Å²) in [6.45, 7) is 0. The van der Waals surface area contributed by atoms with Crippen molar-refractivity contribution >= 4 is 21.8 Å². The van der Waals surface area contributed by atoms with E-state index in [0.29, 0.717) is 23.2 Å². The highest BCUT2D eigenvalue weighted by molar-refractivity contribution is 6.09. The molecular weight excluding hydrogens is 613 g/mol. The topological polar surface area (TPSA) is 77.3 Å². The Kier molecular flexibility index (Phi) is 7.37. The van der Waals surface area contributed by atoms with Crippen molar-refractivity contribution in [1.82, 2.24) is 29.9 Å². The van der Waals surface area contributed by atoms with Gasteiger partial charge in [0.05, 0.1) is 22.4 Å². The first-order valence-corrected chi connectivity index (χ1v) is 16.5. The van der Waals surface area contributed by atoms with Gasteiger partial charge in [-0.05, 0) is 46.5 Å². The van der Waals surface area contributed by atoms with Crippen molar-refractivity contribution in [3.8, 4) is 67.9 Å². The van der Waals surface area contributed by atoms with E-state index in [2.05, 4.69) is 77.8 Å². The molecule has 6 heteroatoms. The van der Waals surface area contributed by atoms with Crippen LogP contribution in [0.4, 0.5) is 0 Å². The van der Waals surface area contributed by atoms with Gasteiger partial charge in [-0.2, -0.15) is 0 Å². The molecule has 50 heavy (non-hydrogen) atoms. The summed E-state index contributed by atoms with van der Waals surface area (Å²) < 4.78 is 0. The van der Waals surface area contributed by atoms with Gasteiger partial charge >= 0.3 is 0 Å². The molecule has 0 spiro atoms. The van der Waals surface area contributed by atoms with Crippen LogP contribution in [0, 0.1) is 0 Å². The standard InChI is InChI=1S/C44H28N6/c1-4-12-29(13-5-1)30-19-21-34(22-20-30)43-48-42(33-16-8-3-9-17-33)49-44(50-43)39-28-36(31-14-6-2-7-15-31)35-25-23-32-24-26-38(37-18-10-11-27-45-37)46-40(32)41(35)47-39/h1-28H. The van der Waals surface area contributed by atoms with Crippen molar-refractivity contribution in [1.29, 1.82) is 0 Å². The molecule has 6 nitrogen and oxygen atoms in total. The zero-order valence-corrected chi connectivity index (χ0v) is 26.8. The third kappa shape index (κ3) is 5.55. The molecule has 0 aliphatic rings. The molecule has 0 aliphatic heterocycles. The van der Waals surface area contributed by atoms with Crippen molar-refractivity contribution in [3.63, 3.8) is 0 Å². The molecule has 4 aromatic heterocycles. The monoisotopic (exact) mass is 640 g/mol.